The van der Waals surface area contributed by atoms with Crippen molar-refractivity contribution in [2.45, 2.75) is 12.4 Å². The Morgan fingerprint density at radius 3 is 2.43 bits per heavy atom. The van der Waals surface area contributed by atoms with Crippen molar-refractivity contribution in [3.8, 4) is 5.75 Å². The number of aromatic hydroxyl groups is 1. The largest absolute Gasteiger partial charge is 0.508 e. The number of halogens is 1. The summed E-state index contributed by atoms with van der Waals surface area (Å²) in [4.78, 5) is 0. The maximum absolute atomic E-state index is 10.7. The molecule has 0 bridgehead atoms. The van der Waals surface area contributed by atoms with Gasteiger partial charge in [0.25, 0.3) is 0 Å². The molecule has 0 aliphatic heterocycles. The van der Waals surface area contributed by atoms with E-state index >= 15 is 0 Å². The van der Waals surface area contributed by atoms with Gasteiger partial charge in [0.1, 0.15) is 5.75 Å². The van der Waals surface area contributed by atoms with E-state index in [9.17, 15) is 13.5 Å². The third kappa shape index (κ3) is 3.17. The summed E-state index contributed by atoms with van der Waals surface area (Å²) in [5.41, 5.74) is 0.732. The third-order valence-corrected chi connectivity index (χ3v) is 2.66. The molecular weight excluding hydrogens is 228 g/mol. The van der Waals surface area contributed by atoms with E-state index in [2.05, 4.69) is 0 Å². The molecule has 2 N–H and O–H groups in total. The van der Waals surface area contributed by atoms with Crippen molar-refractivity contribution in [1.82, 2.24) is 0 Å². The number of hydrogen-bond donors (Lipinski definition) is 2. The standard InChI is InChI=1S/C8H9ClO4S/c9-14(12,13)5-6-1-2-7(4-10)8(11)3-6/h1-3,10-11H,4-5H2. The van der Waals surface area contributed by atoms with Crippen molar-refractivity contribution in [2.24, 2.45) is 0 Å². The van der Waals surface area contributed by atoms with E-state index in [4.69, 9.17) is 15.8 Å². The van der Waals surface area contributed by atoms with Gasteiger partial charge in [-0.1, -0.05) is 12.1 Å². The fraction of sp³-hybridized carbons (Fsp3) is 0.250. The first-order valence-electron chi connectivity index (χ1n) is 3.76. The van der Waals surface area contributed by atoms with Gasteiger partial charge in [-0.05, 0) is 11.6 Å². The molecule has 0 saturated carbocycles. The molecule has 0 unspecified atom stereocenters. The summed E-state index contributed by atoms with van der Waals surface area (Å²) >= 11 is 0. The zero-order valence-corrected chi connectivity index (χ0v) is 8.72. The third-order valence-electron chi connectivity index (χ3n) is 1.66. The van der Waals surface area contributed by atoms with Crippen molar-refractivity contribution in [1.29, 1.82) is 0 Å². The quantitative estimate of drug-likeness (QED) is 0.767. The Morgan fingerprint density at radius 1 is 1.36 bits per heavy atom. The molecule has 0 saturated heterocycles. The van der Waals surface area contributed by atoms with Crippen molar-refractivity contribution >= 4 is 19.7 Å². The molecule has 0 radical (unpaired) electrons. The topological polar surface area (TPSA) is 74.6 Å². The van der Waals surface area contributed by atoms with Crippen LogP contribution in [0.4, 0.5) is 0 Å². The molecule has 0 aliphatic rings. The van der Waals surface area contributed by atoms with Crippen LogP contribution in [0.25, 0.3) is 0 Å². The van der Waals surface area contributed by atoms with Gasteiger partial charge in [0.05, 0.1) is 12.4 Å². The van der Waals surface area contributed by atoms with Crippen LogP contribution in [-0.4, -0.2) is 18.6 Å². The van der Waals surface area contributed by atoms with Crippen LogP contribution < -0.4 is 0 Å². The lowest BCUT2D eigenvalue weighted by atomic mass is 10.1. The molecule has 1 aromatic rings. The van der Waals surface area contributed by atoms with Crippen molar-refractivity contribution in [2.75, 3.05) is 0 Å². The Morgan fingerprint density at radius 2 is 2.00 bits per heavy atom. The van der Waals surface area contributed by atoms with Crippen LogP contribution in [0.1, 0.15) is 11.1 Å². The van der Waals surface area contributed by atoms with Crippen molar-refractivity contribution in [3.05, 3.63) is 29.3 Å². The van der Waals surface area contributed by atoms with Gasteiger partial charge >= 0.3 is 0 Å². The minimum absolute atomic E-state index is 0.134. The lowest BCUT2D eigenvalue weighted by Gasteiger charge is -2.03. The number of hydrogen-bond acceptors (Lipinski definition) is 4. The second kappa shape index (κ2) is 4.16. The zero-order valence-electron chi connectivity index (χ0n) is 7.14. The van der Waals surface area contributed by atoms with Gasteiger partial charge in [-0.3, -0.25) is 0 Å². The summed E-state index contributed by atoms with van der Waals surface area (Å²) in [6.07, 6.45) is 0. The summed E-state index contributed by atoms with van der Waals surface area (Å²) < 4.78 is 21.4. The van der Waals surface area contributed by atoms with Crippen LogP contribution in [0.15, 0.2) is 18.2 Å². The molecule has 1 rings (SSSR count). The average Bonchev–Trinajstić information content (AvgIpc) is 2.01. The highest BCUT2D eigenvalue weighted by atomic mass is 35.7. The first kappa shape index (κ1) is 11.3. The summed E-state index contributed by atoms with van der Waals surface area (Å²) in [7, 11) is 1.42. The van der Waals surface area contributed by atoms with Crippen LogP contribution in [0.3, 0.4) is 0 Å². The molecular formula is C8H9ClO4S. The van der Waals surface area contributed by atoms with Gasteiger partial charge in [-0.2, -0.15) is 0 Å². The van der Waals surface area contributed by atoms with Gasteiger partial charge in [0.15, 0.2) is 0 Å². The molecule has 0 atom stereocenters. The first-order valence-corrected chi connectivity index (χ1v) is 6.24. The fourth-order valence-electron chi connectivity index (χ4n) is 1.03. The van der Waals surface area contributed by atoms with Crippen molar-refractivity contribution in [3.63, 3.8) is 0 Å². The molecule has 6 heteroatoms. The highest BCUT2D eigenvalue weighted by molar-refractivity contribution is 8.13. The summed E-state index contributed by atoms with van der Waals surface area (Å²) in [6.45, 7) is -0.292. The minimum atomic E-state index is -3.61. The Kier molecular flexibility index (Phi) is 3.36. The number of aliphatic hydroxyl groups is 1. The average molecular weight is 237 g/mol. The predicted molar refractivity (Wildman–Crippen MR) is 52.5 cm³/mol. The summed E-state index contributed by atoms with van der Waals surface area (Å²) in [6, 6.07) is 4.21. The molecule has 0 aromatic heterocycles. The van der Waals surface area contributed by atoms with Crippen LogP contribution in [-0.2, 0) is 21.4 Å². The number of benzene rings is 1. The molecule has 14 heavy (non-hydrogen) atoms. The highest BCUT2D eigenvalue weighted by Gasteiger charge is 2.09. The van der Waals surface area contributed by atoms with E-state index in [1.807, 2.05) is 0 Å². The van der Waals surface area contributed by atoms with Crippen LogP contribution in [0.5, 0.6) is 5.75 Å². The Balaban J connectivity index is 2.98. The molecule has 0 heterocycles. The molecule has 0 spiro atoms. The SMILES string of the molecule is O=S(=O)(Cl)Cc1ccc(CO)c(O)c1. The van der Waals surface area contributed by atoms with E-state index in [0.29, 0.717) is 11.1 Å². The van der Waals surface area contributed by atoms with Gasteiger partial charge in [-0.15, -0.1) is 0 Å². The lowest BCUT2D eigenvalue weighted by Crippen LogP contribution is -1.95. The van der Waals surface area contributed by atoms with Crippen LogP contribution in [0.2, 0.25) is 0 Å². The van der Waals surface area contributed by atoms with Crippen molar-refractivity contribution < 1.29 is 18.6 Å². The van der Waals surface area contributed by atoms with Gasteiger partial charge in [0.2, 0.25) is 9.05 Å². The van der Waals surface area contributed by atoms with E-state index in [-0.39, 0.29) is 18.1 Å². The second-order valence-corrected chi connectivity index (χ2v) is 5.58. The molecule has 0 fully saturated rings. The smallest absolute Gasteiger partial charge is 0.236 e. The number of aliphatic hydroxyl groups excluding tert-OH is 1. The summed E-state index contributed by atoms with van der Waals surface area (Å²) in [5.74, 6) is -0.473. The van der Waals surface area contributed by atoms with E-state index in [0.717, 1.165) is 0 Å². The van der Waals surface area contributed by atoms with E-state index in [1.165, 1.54) is 18.2 Å². The highest BCUT2D eigenvalue weighted by Crippen LogP contribution is 2.20. The van der Waals surface area contributed by atoms with E-state index < -0.39 is 9.05 Å². The van der Waals surface area contributed by atoms with Crippen LogP contribution >= 0.6 is 10.7 Å². The van der Waals surface area contributed by atoms with E-state index in [1.54, 1.807) is 0 Å². The number of phenols is 1. The second-order valence-electron chi connectivity index (χ2n) is 2.80. The van der Waals surface area contributed by atoms with Gasteiger partial charge in [-0.25, -0.2) is 8.42 Å². The monoisotopic (exact) mass is 236 g/mol. The maximum Gasteiger partial charge on any atom is 0.236 e. The van der Waals surface area contributed by atoms with Crippen LogP contribution in [0, 0.1) is 0 Å². The maximum atomic E-state index is 10.7. The molecule has 0 aliphatic carbocycles. The number of rotatable bonds is 3. The predicted octanol–water partition coefficient (Wildman–Crippen LogP) is 0.953. The molecule has 0 amide bonds. The van der Waals surface area contributed by atoms with Gasteiger partial charge in [0, 0.05) is 16.2 Å². The minimum Gasteiger partial charge on any atom is -0.508 e. The Bertz CT molecular complexity index is 427. The first-order chi connectivity index (χ1) is 6.42. The summed E-state index contributed by atoms with van der Waals surface area (Å²) in [5, 5.41) is 18.0. The zero-order chi connectivity index (χ0) is 10.8. The molecule has 78 valence electrons. The van der Waals surface area contributed by atoms with Gasteiger partial charge < -0.3 is 10.2 Å². The molecule has 4 nitrogen and oxygen atoms in total. The Labute approximate surface area is 86.2 Å². The Hall–Kier alpha value is -0.780. The lowest BCUT2D eigenvalue weighted by molar-refractivity contribution is 0.275. The normalized spacial score (nSPS) is 11.6. The fourth-order valence-corrected chi connectivity index (χ4v) is 1.99. The molecule has 1 aromatic carbocycles.